The summed E-state index contributed by atoms with van der Waals surface area (Å²) in [4.78, 5) is 0. The number of hydrogen-bond donors (Lipinski definition) is 1. The summed E-state index contributed by atoms with van der Waals surface area (Å²) < 4.78 is 20.3. The Kier molecular flexibility index (Phi) is 5.07. The van der Waals surface area contributed by atoms with Gasteiger partial charge in [-0.25, -0.2) is 4.39 Å². The summed E-state index contributed by atoms with van der Waals surface area (Å²) in [7, 11) is 0. The average Bonchev–Trinajstić information content (AvgIpc) is 2.37. The molecular weight excluding hydrogens is 414 g/mol. The van der Waals surface area contributed by atoms with Crippen LogP contribution < -0.4 is 4.74 Å². The van der Waals surface area contributed by atoms with E-state index >= 15 is 0 Å². The van der Waals surface area contributed by atoms with E-state index in [2.05, 4.69) is 31.9 Å². The fraction of sp³-hybridized carbons (Fsp3) is 0.143. The Morgan fingerprint density at radius 1 is 1.15 bits per heavy atom. The lowest BCUT2D eigenvalue weighted by molar-refractivity contribution is 0.199. The molecule has 0 fully saturated rings. The molecule has 2 aromatic rings. The van der Waals surface area contributed by atoms with Gasteiger partial charge in [-0.3, -0.25) is 0 Å². The predicted molar refractivity (Wildman–Crippen MR) is 84.0 cm³/mol. The summed E-state index contributed by atoms with van der Waals surface area (Å²) in [5.74, 6) is 0.274. The zero-order valence-corrected chi connectivity index (χ0v) is 14.3. The summed E-state index contributed by atoms with van der Waals surface area (Å²) in [6.45, 7) is 1.67. The van der Waals surface area contributed by atoms with Gasteiger partial charge in [0.1, 0.15) is 17.3 Å². The molecule has 0 heterocycles. The van der Waals surface area contributed by atoms with Crippen LogP contribution in [-0.2, 0) is 0 Å². The summed E-state index contributed by atoms with van der Waals surface area (Å²) in [5.41, 5.74) is 0.755. The SMILES string of the molecule is CC(O)c1ccc(Oc2cc(F)c(Cl)cc2Br)c(Br)c1. The van der Waals surface area contributed by atoms with E-state index in [1.807, 2.05) is 0 Å². The lowest BCUT2D eigenvalue weighted by atomic mass is 10.1. The number of ether oxygens (including phenoxy) is 1. The van der Waals surface area contributed by atoms with Crippen molar-refractivity contribution in [2.45, 2.75) is 13.0 Å². The van der Waals surface area contributed by atoms with Gasteiger partial charge in [0, 0.05) is 6.07 Å². The van der Waals surface area contributed by atoms with Crippen molar-refractivity contribution in [1.29, 1.82) is 0 Å². The first-order valence-electron chi connectivity index (χ1n) is 5.68. The van der Waals surface area contributed by atoms with Gasteiger partial charge in [0.2, 0.25) is 0 Å². The third-order valence-electron chi connectivity index (χ3n) is 2.63. The number of aliphatic hydroxyl groups excluding tert-OH is 1. The maximum absolute atomic E-state index is 13.5. The standard InChI is InChI=1S/C14H10Br2ClFO2/c1-7(19)8-2-3-13(9(15)4-8)20-14-6-12(18)11(17)5-10(14)16/h2-7,19H,1H3. The zero-order chi connectivity index (χ0) is 14.9. The summed E-state index contributed by atoms with van der Waals surface area (Å²) in [6.07, 6.45) is -0.569. The minimum absolute atomic E-state index is 0.0211. The van der Waals surface area contributed by atoms with Crippen molar-refractivity contribution in [1.82, 2.24) is 0 Å². The van der Waals surface area contributed by atoms with Crippen LogP contribution >= 0.6 is 43.5 Å². The maximum atomic E-state index is 13.5. The average molecular weight is 424 g/mol. The summed E-state index contributed by atoms with van der Waals surface area (Å²) >= 11 is 12.3. The predicted octanol–water partition coefficient (Wildman–Crippen LogP) is 5.85. The lowest BCUT2D eigenvalue weighted by Crippen LogP contribution is -1.93. The molecule has 106 valence electrons. The first-order valence-corrected chi connectivity index (χ1v) is 7.65. The number of aliphatic hydroxyl groups is 1. The van der Waals surface area contributed by atoms with E-state index in [-0.39, 0.29) is 5.02 Å². The molecule has 0 aromatic heterocycles. The van der Waals surface area contributed by atoms with Crippen LogP contribution in [0.1, 0.15) is 18.6 Å². The molecule has 0 bridgehead atoms. The Hall–Kier alpha value is -0.620. The van der Waals surface area contributed by atoms with Crippen molar-refractivity contribution in [3.05, 3.63) is 55.7 Å². The third kappa shape index (κ3) is 3.52. The van der Waals surface area contributed by atoms with Gasteiger partial charge in [0.25, 0.3) is 0 Å². The normalized spacial score (nSPS) is 12.3. The second kappa shape index (κ2) is 6.43. The van der Waals surface area contributed by atoms with E-state index in [9.17, 15) is 9.50 Å². The first-order chi connectivity index (χ1) is 9.38. The van der Waals surface area contributed by atoms with Crippen molar-refractivity contribution in [2.75, 3.05) is 0 Å². The highest BCUT2D eigenvalue weighted by atomic mass is 79.9. The molecule has 6 heteroatoms. The van der Waals surface area contributed by atoms with Gasteiger partial charge >= 0.3 is 0 Å². The molecule has 0 spiro atoms. The minimum atomic E-state index is -0.569. The van der Waals surface area contributed by atoms with E-state index < -0.39 is 11.9 Å². The van der Waals surface area contributed by atoms with Crippen LogP contribution in [0, 0.1) is 5.82 Å². The van der Waals surface area contributed by atoms with E-state index in [1.54, 1.807) is 25.1 Å². The fourth-order valence-electron chi connectivity index (χ4n) is 1.56. The topological polar surface area (TPSA) is 29.5 Å². The first kappa shape index (κ1) is 15.8. The molecule has 2 aromatic carbocycles. The van der Waals surface area contributed by atoms with Gasteiger partial charge in [-0.2, -0.15) is 0 Å². The van der Waals surface area contributed by atoms with E-state index in [0.29, 0.717) is 20.4 Å². The molecule has 0 aliphatic heterocycles. The lowest BCUT2D eigenvalue weighted by Gasteiger charge is -2.12. The Balaban J connectivity index is 2.33. The van der Waals surface area contributed by atoms with Crippen LogP contribution in [-0.4, -0.2) is 5.11 Å². The maximum Gasteiger partial charge on any atom is 0.145 e. The molecule has 1 unspecified atom stereocenters. The quantitative estimate of drug-likeness (QED) is 0.627. The van der Waals surface area contributed by atoms with E-state index in [4.69, 9.17) is 16.3 Å². The van der Waals surface area contributed by atoms with Crippen LogP contribution in [0.3, 0.4) is 0 Å². The largest absolute Gasteiger partial charge is 0.455 e. The Bertz CT molecular complexity index is 647. The van der Waals surface area contributed by atoms with Crippen LogP contribution in [0.2, 0.25) is 5.02 Å². The highest BCUT2D eigenvalue weighted by molar-refractivity contribution is 9.11. The molecule has 0 saturated carbocycles. The van der Waals surface area contributed by atoms with Crippen LogP contribution in [0.15, 0.2) is 39.3 Å². The number of halogens is 4. The Morgan fingerprint density at radius 3 is 2.40 bits per heavy atom. The van der Waals surface area contributed by atoms with Crippen LogP contribution in [0.25, 0.3) is 0 Å². The molecular formula is C14H10Br2ClFO2. The Labute approximate surface area is 137 Å². The minimum Gasteiger partial charge on any atom is -0.455 e. The van der Waals surface area contributed by atoms with Gasteiger partial charge < -0.3 is 9.84 Å². The van der Waals surface area contributed by atoms with Crippen molar-refractivity contribution in [2.24, 2.45) is 0 Å². The molecule has 0 aliphatic rings. The van der Waals surface area contributed by atoms with Crippen molar-refractivity contribution in [3.63, 3.8) is 0 Å². The second-order valence-electron chi connectivity index (χ2n) is 4.16. The van der Waals surface area contributed by atoms with Gasteiger partial charge in [-0.05, 0) is 62.5 Å². The van der Waals surface area contributed by atoms with Gasteiger partial charge in [-0.1, -0.05) is 17.7 Å². The van der Waals surface area contributed by atoms with Gasteiger partial charge in [-0.15, -0.1) is 0 Å². The molecule has 2 rings (SSSR count). The van der Waals surface area contributed by atoms with E-state index in [0.717, 1.165) is 5.56 Å². The summed E-state index contributed by atoms with van der Waals surface area (Å²) in [6, 6.07) is 7.84. The molecule has 0 radical (unpaired) electrons. The van der Waals surface area contributed by atoms with Gasteiger partial charge in [0.15, 0.2) is 0 Å². The molecule has 1 atom stereocenters. The second-order valence-corrected chi connectivity index (χ2v) is 6.28. The molecule has 0 aliphatic carbocycles. The third-order valence-corrected chi connectivity index (χ3v) is 4.16. The monoisotopic (exact) mass is 422 g/mol. The van der Waals surface area contributed by atoms with Crippen LogP contribution in [0.4, 0.5) is 4.39 Å². The molecule has 1 N–H and O–H groups in total. The highest BCUT2D eigenvalue weighted by Crippen LogP contribution is 2.37. The Morgan fingerprint density at radius 2 is 1.80 bits per heavy atom. The zero-order valence-electron chi connectivity index (χ0n) is 10.3. The van der Waals surface area contributed by atoms with E-state index in [1.165, 1.54) is 12.1 Å². The number of benzene rings is 2. The smallest absolute Gasteiger partial charge is 0.145 e. The molecule has 20 heavy (non-hydrogen) atoms. The van der Waals surface area contributed by atoms with Crippen molar-refractivity contribution in [3.8, 4) is 11.5 Å². The van der Waals surface area contributed by atoms with Gasteiger partial charge in [0.05, 0.1) is 20.1 Å². The molecule has 0 amide bonds. The van der Waals surface area contributed by atoms with Crippen LogP contribution in [0.5, 0.6) is 11.5 Å². The number of hydrogen-bond acceptors (Lipinski definition) is 2. The van der Waals surface area contributed by atoms with Crippen molar-refractivity contribution >= 4 is 43.5 Å². The molecule has 2 nitrogen and oxygen atoms in total. The highest BCUT2D eigenvalue weighted by Gasteiger charge is 2.12. The molecule has 0 saturated heterocycles. The number of rotatable bonds is 3. The summed E-state index contributed by atoms with van der Waals surface area (Å²) in [5, 5.41) is 9.53. The fourth-order valence-corrected chi connectivity index (χ4v) is 2.76. The van der Waals surface area contributed by atoms with Crippen molar-refractivity contribution < 1.29 is 14.2 Å².